The quantitative estimate of drug-likeness (QED) is 0.715. The van der Waals surface area contributed by atoms with E-state index in [9.17, 15) is 4.79 Å². The van der Waals surface area contributed by atoms with Gasteiger partial charge >= 0.3 is 5.97 Å². The smallest absolute Gasteiger partial charge is 0.338 e. The highest BCUT2D eigenvalue weighted by atomic mass is 16.5. The van der Waals surface area contributed by atoms with Crippen LogP contribution >= 0.6 is 0 Å². The molecule has 0 radical (unpaired) electrons. The van der Waals surface area contributed by atoms with E-state index in [0.29, 0.717) is 18.3 Å². The molecule has 2 aliphatic rings. The largest absolute Gasteiger partial charge is 0.462 e. The third-order valence-corrected chi connectivity index (χ3v) is 5.48. The molecule has 1 aliphatic heterocycles. The van der Waals surface area contributed by atoms with Gasteiger partial charge in [0.1, 0.15) is 0 Å². The van der Waals surface area contributed by atoms with Crippen molar-refractivity contribution in [2.24, 2.45) is 5.92 Å². The SMILES string of the molecule is CCOC(=O)c1ccc(N2CCC(OCC3CCCCC3)CC2)cc1. The molecule has 0 bridgehead atoms. The minimum Gasteiger partial charge on any atom is -0.462 e. The Morgan fingerprint density at radius 1 is 1.04 bits per heavy atom. The van der Waals surface area contributed by atoms with Crippen LogP contribution in [0.1, 0.15) is 62.2 Å². The van der Waals surface area contributed by atoms with Crippen LogP contribution < -0.4 is 4.90 Å². The van der Waals surface area contributed by atoms with Gasteiger partial charge in [-0.3, -0.25) is 0 Å². The van der Waals surface area contributed by atoms with E-state index < -0.39 is 0 Å². The van der Waals surface area contributed by atoms with Crippen LogP contribution in [0.15, 0.2) is 24.3 Å². The van der Waals surface area contributed by atoms with Crippen molar-refractivity contribution in [2.75, 3.05) is 31.2 Å². The van der Waals surface area contributed by atoms with Crippen LogP contribution in [-0.2, 0) is 9.47 Å². The average Bonchev–Trinajstić information content (AvgIpc) is 2.68. The zero-order valence-corrected chi connectivity index (χ0v) is 15.4. The molecule has 0 atom stereocenters. The van der Waals surface area contributed by atoms with Gasteiger partial charge in [-0.1, -0.05) is 19.3 Å². The number of nitrogens with zero attached hydrogens (tertiary/aromatic N) is 1. The zero-order valence-electron chi connectivity index (χ0n) is 15.4. The van der Waals surface area contributed by atoms with Crippen molar-refractivity contribution in [2.45, 2.75) is 58.0 Å². The third kappa shape index (κ3) is 5.21. The lowest BCUT2D eigenvalue weighted by atomic mass is 9.90. The molecule has 4 heteroatoms. The van der Waals surface area contributed by atoms with E-state index in [2.05, 4.69) is 4.90 Å². The molecular weight excluding hydrogens is 314 g/mol. The van der Waals surface area contributed by atoms with Crippen LogP contribution in [0.5, 0.6) is 0 Å². The molecular formula is C21H31NO3. The van der Waals surface area contributed by atoms with Crippen molar-refractivity contribution in [1.82, 2.24) is 0 Å². The molecule has 1 aliphatic carbocycles. The summed E-state index contributed by atoms with van der Waals surface area (Å²) in [6, 6.07) is 7.77. The molecule has 0 N–H and O–H groups in total. The lowest BCUT2D eigenvalue weighted by Gasteiger charge is -2.34. The number of ether oxygens (including phenoxy) is 2. The first-order valence-electron chi connectivity index (χ1n) is 9.90. The third-order valence-electron chi connectivity index (χ3n) is 5.48. The summed E-state index contributed by atoms with van der Waals surface area (Å²) in [5.41, 5.74) is 1.80. The van der Waals surface area contributed by atoms with Crippen LogP contribution in [0.3, 0.4) is 0 Å². The molecule has 0 amide bonds. The monoisotopic (exact) mass is 345 g/mol. The van der Waals surface area contributed by atoms with Crippen LogP contribution in [0, 0.1) is 5.92 Å². The van der Waals surface area contributed by atoms with Gasteiger partial charge in [-0.2, -0.15) is 0 Å². The van der Waals surface area contributed by atoms with Gasteiger partial charge in [0.25, 0.3) is 0 Å². The van der Waals surface area contributed by atoms with Gasteiger partial charge < -0.3 is 14.4 Å². The lowest BCUT2D eigenvalue weighted by molar-refractivity contribution is 0.00810. The number of esters is 1. The molecule has 1 aromatic rings. The predicted molar refractivity (Wildman–Crippen MR) is 100 cm³/mol. The molecule has 3 rings (SSSR count). The molecule has 1 saturated carbocycles. The fraction of sp³-hybridized carbons (Fsp3) is 0.667. The Balaban J connectivity index is 1.43. The van der Waals surface area contributed by atoms with Gasteiger partial charge in [-0.15, -0.1) is 0 Å². The van der Waals surface area contributed by atoms with Crippen LogP contribution in [0.4, 0.5) is 5.69 Å². The second kappa shape index (κ2) is 9.23. The molecule has 1 aromatic carbocycles. The number of carbonyl (C=O) groups is 1. The molecule has 4 nitrogen and oxygen atoms in total. The molecule has 2 fully saturated rings. The Labute approximate surface area is 151 Å². The average molecular weight is 345 g/mol. The summed E-state index contributed by atoms with van der Waals surface area (Å²) in [7, 11) is 0. The van der Waals surface area contributed by atoms with Crippen molar-refractivity contribution < 1.29 is 14.3 Å². The molecule has 1 saturated heterocycles. The van der Waals surface area contributed by atoms with Crippen molar-refractivity contribution in [3.05, 3.63) is 29.8 Å². The molecule has 0 aromatic heterocycles. The van der Waals surface area contributed by atoms with Crippen LogP contribution in [0.25, 0.3) is 0 Å². The first kappa shape index (κ1) is 18.2. The number of hydrogen-bond acceptors (Lipinski definition) is 4. The van der Waals surface area contributed by atoms with Crippen molar-refractivity contribution in [3.8, 4) is 0 Å². The summed E-state index contributed by atoms with van der Waals surface area (Å²) in [6.07, 6.45) is 9.47. The van der Waals surface area contributed by atoms with Gasteiger partial charge in [0.15, 0.2) is 0 Å². The number of rotatable bonds is 6. The molecule has 138 valence electrons. The molecule has 25 heavy (non-hydrogen) atoms. The number of hydrogen-bond donors (Lipinski definition) is 0. The lowest BCUT2D eigenvalue weighted by Crippen LogP contribution is -2.37. The maximum atomic E-state index is 11.7. The van der Waals surface area contributed by atoms with E-state index >= 15 is 0 Å². The van der Waals surface area contributed by atoms with Gasteiger partial charge in [0.05, 0.1) is 18.3 Å². The number of benzene rings is 1. The Bertz CT molecular complexity index is 529. The summed E-state index contributed by atoms with van der Waals surface area (Å²) in [6.45, 7) is 5.24. The van der Waals surface area contributed by atoms with Crippen LogP contribution in [0.2, 0.25) is 0 Å². The van der Waals surface area contributed by atoms with Gasteiger partial charge in [-0.05, 0) is 62.8 Å². The first-order chi connectivity index (χ1) is 12.3. The van der Waals surface area contributed by atoms with Crippen molar-refractivity contribution in [1.29, 1.82) is 0 Å². The number of piperidine rings is 1. The maximum Gasteiger partial charge on any atom is 0.338 e. The maximum absolute atomic E-state index is 11.7. The first-order valence-corrected chi connectivity index (χ1v) is 9.90. The second-order valence-electron chi connectivity index (χ2n) is 7.29. The standard InChI is InChI=1S/C21H31NO3/c1-2-24-21(23)18-8-10-19(11-9-18)22-14-12-20(13-15-22)25-16-17-6-4-3-5-7-17/h8-11,17,20H,2-7,12-16H2,1H3. The highest BCUT2D eigenvalue weighted by molar-refractivity contribution is 5.89. The Kier molecular flexibility index (Phi) is 6.74. The van der Waals surface area contributed by atoms with Gasteiger partial charge in [-0.25, -0.2) is 4.79 Å². The fourth-order valence-corrected chi connectivity index (χ4v) is 3.93. The van der Waals surface area contributed by atoms with E-state index in [1.165, 1.54) is 37.8 Å². The molecule has 0 unspecified atom stereocenters. The predicted octanol–water partition coefficient (Wildman–Crippen LogP) is 4.43. The van der Waals surface area contributed by atoms with Gasteiger partial charge in [0, 0.05) is 25.4 Å². The summed E-state index contributed by atoms with van der Waals surface area (Å²) < 4.78 is 11.2. The Morgan fingerprint density at radius 2 is 1.72 bits per heavy atom. The summed E-state index contributed by atoms with van der Waals surface area (Å²) in [5, 5.41) is 0. The summed E-state index contributed by atoms with van der Waals surface area (Å²) >= 11 is 0. The van der Waals surface area contributed by atoms with E-state index in [4.69, 9.17) is 9.47 Å². The minimum atomic E-state index is -0.246. The minimum absolute atomic E-state index is 0.246. The molecule has 0 spiro atoms. The van der Waals surface area contributed by atoms with Gasteiger partial charge in [0.2, 0.25) is 0 Å². The highest BCUT2D eigenvalue weighted by Crippen LogP contribution is 2.26. The van der Waals surface area contributed by atoms with E-state index in [1.54, 1.807) is 0 Å². The topological polar surface area (TPSA) is 38.8 Å². The van der Waals surface area contributed by atoms with Crippen molar-refractivity contribution >= 4 is 11.7 Å². The number of carbonyl (C=O) groups excluding carboxylic acids is 1. The van der Waals surface area contributed by atoms with E-state index in [-0.39, 0.29) is 5.97 Å². The summed E-state index contributed by atoms with van der Waals surface area (Å²) in [5.74, 6) is 0.547. The fourth-order valence-electron chi connectivity index (χ4n) is 3.93. The Morgan fingerprint density at radius 3 is 2.36 bits per heavy atom. The zero-order chi connectivity index (χ0) is 17.5. The Hall–Kier alpha value is -1.55. The van der Waals surface area contributed by atoms with E-state index in [0.717, 1.165) is 38.5 Å². The second-order valence-corrected chi connectivity index (χ2v) is 7.29. The van der Waals surface area contributed by atoms with Crippen LogP contribution in [-0.4, -0.2) is 38.4 Å². The molecule has 1 heterocycles. The van der Waals surface area contributed by atoms with Crippen molar-refractivity contribution in [3.63, 3.8) is 0 Å². The normalized spacial score (nSPS) is 19.8. The van der Waals surface area contributed by atoms with E-state index in [1.807, 2.05) is 31.2 Å². The number of anilines is 1. The summed E-state index contributed by atoms with van der Waals surface area (Å²) in [4.78, 5) is 14.1. The highest BCUT2D eigenvalue weighted by Gasteiger charge is 2.22.